The van der Waals surface area contributed by atoms with Gasteiger partial charge in [-0.25, -0.2) is 0 Å². The maximum Gasteiger partial charge on any atom is 0.0960 e. The van der Waals surface area contributed by atoms with Crippen molar-refractivity contribution >= 4 is 46.0 Å². The van der Waals surface area contributed by atoms with E-state index in [1.807, 2.05) is 36.4 Å². The minimum atomic E-state index is 0. The molecule has 0 spiro atoms. The molecule has 2 aromatic carbocycles. The highest BCUT2D eigenvalue weighted by molar-refractivity contribution is 6.33. The fraction of sp³-hybridized carbons (Fsp3) is 0.381. The summed E-state index contributed by atoms with van der Waals surface area (Å²) >= 11 is 12.2. The van der Waals surface area contributed by atoms with E-state index in [0.717, 1.165) is 55.0 Å². The maximum absolute atomic E-state index is 6.09. The number of quaternary nitrogens is 1. The van der Waals surface area contributed by atoms with Crippen LogP contribution in [0.5, 0.6) is 0 Å². The van der Waals surface area contributed by atoms with E-state index in [2.05, 4.69) is 24.6 Å². The Morgan fingerprint density at radius 1 is 0.821 bits per heavy atom. The Balaban J connectivity index is 0.00000392. The molecule has 0 heterocycles. The van der Waals surface area contributed by atoms with Crippen LogP contribution < -0.4 is 22.1 Å². The predicted octanol–water partition coefficient (Wildman–Crippen LogP) is 4.99. The second-order valence-electron chi connectivity index (χ2n) is 7.12. The van der Waals surface area contributed by atoms with Crippen LogP contribution in [0.2, 0.25) is 10.0 Å². The van der Waals surface area contributed by atoms with Crippen molar-refractivity contribution in [2.24, 2.45) is 0 Å². The third kappa shape index (κ3) is 7.30. The summed E-state index contributed by atoms with van der Waals surface area (Å²) in [6.45, 7) is 7.10. The standard InChI is InChI=1S/C20H30Cl2N5.CH3/c1-3-10-27(2,11-8-25-15-4-6-19(23)17(21)13-15)12-9-26-16-5-7-20(24)18(22)14-16;/h4-7,13-14,25-26H,3,8-12,23-24H2,1-2H3;1H3/q+1;-1. The van der Waals surface area contributed by atoms with Crippen molar-refractivity contribution in [1.29, 1.82) is 0 Å². The summed E-state index contributed by atoms with van der Waals surface area (Å²) in [5.74, 6) is 0. The van der Waals surface area contributed by atoms with Gasteiger partial charge in [-0.05, 0) is 42.8 Å². The summed E-state index contributed by atoms with van der Waals surface area (Å²) in [5, 5.41) is 8.04. The molecule has 0 saturated carbocycles. The van der Waals surface area contributed by atoms with Gasteiger partial charge < -0.3 is 34.0 Å². The van der Waals surface area contributed by atoms with Crippen molar-refractivity contribution in [3.8, 4) is 0 Å². The fourth-order valence-electron chi connectivity index (χ4n) is 3.09. The Hall–Kier alpha value is -1.82. The number of benzene rings is 2. The molecule has 156 valence electrons. The summed E-state index contributed by atoms with van der Waals surface area (Å²) in [6, 6.07) is 11.3. The summed E-state index contributed by atoms with van der Waals surface area (Å²) in [7, 11) is 2.29. The molecule has 0 saturated heterocycles. The lowest BCUT2D eigenvalue weighted by atomic mass is 10.2. The molecule has 0 aliphatic rings. The van der Waals surface area contributed by atoms with Crippen molar-refractivity contribution in [3.05, 3.63) is 53.9 Å². The van der Waals surface area contributed by atoms with Crippen molar-refractivity contribution < 1.29 is 4.48 Å². The Morgan fingerprint density at radius 2 is 1.25 bits per heavy atom. The van der Waals surface area contributed by atoms with E-state index >= 15 is 0 Å². The highest BCUT2D eigenvalue weighted by atomic mass is 35.5. The lowest BCUT2D eigenvalue weighted by Crippen LogP contribution is -2.50. The van der Waals surface area contributed by atoms with Gasteiger partial charge in [0.1, 0.15) is 0 Å². The van der Waals surface area contributed by atoms with Gasteiger partial charge in [-0.15, -0.1) is 0 Å². The third-order valence-corrected chi connectivity index (χ3v) is 5.38. The van der Waals surface area contributed by atoms with E-state index in [4.69, 9.17) is 34.7 Å². The quantitative estimate of drug-likeness (QED) is 0.245. The van der Waals surface area contributed by atoms with Crippen LogP contribution in [-0.2, 0) is 0 Å². The molecular weight excluding hydrogens is 393 g/mol. The molecule has 5 nitrogen and oxygen atoms in total. The van der Waals surface area contributed by atoms with Crippen LogP contribution in [-0.4, -0.2) is 44.3 Å². The van der Waals surface area contributed by atoms with Crippen LogP contribution in [0.4, 0.5) is 22.7 Å². The second kappa shape index (κ2) is 11.2. The van der Waals surface area contributed by atoms with Gasteiger partial charge in [0.2, 0.25) is 0 Å². The first-order chi connectivity index (χ1) is 12.8. The van der Waals surface area contributed by atoms with Gasteiger partial charge in [0.05, 0.1) is 61.2 Å². The van der Waals surface area contributed by atoms with Crippen molar-refractivity contribution in [2.75, 3.05) is 61.9 Å². The molecule has 2 rings (SSSR count). The minimum absolute atomic E-state index is 0. The van der Waals surface area contributed by atoms with E-state index in [-0.39, 0.29) is 7.43 Å². The highest BCUT2D eigenvalue weighted by Gasteiger charge is 2.19. The predicted molar refractivity (Wildman–Crippen MR) is 126 cm³/mol. The molecule has 0 unspecified atom stereocenters. The highest BCUT2D eigenvalue weighted by Crippen LogP contribution is 2.23. The second-order valence-corrected chi connectivity index (χ2v) is 7.93. The van der Waals surface area contributed by atoms with E-state index in [0.29, 0.717) is 21.4 Å². The molecule has 0 amide bonds. The number of likely N-dealkylation sites (N-methyl/N-ethyl adjacent to an activating group) is 1. The van der Waals surface area contributed by atoms with Crippen LogP contribution in [0.25, 0.3) is 0 Å². The van der Waals surface area contributed by atoms with Gasteiger partial charge in [0.15, 0.2) is 0 Å². The average Bonchev–Trinajstić information content (AvgIpc) is 2.61. The topological polar surface area (TPSA) is 76.1 Å². The lowest BCUT2D eigenvalue weighted by molar-refractivity contribution is -0.906. The number of anilines is 4. The smallest absolute Gasteiger partial charge is 0.0960 e. The zero-order valence-corrected chi connectivity index (χ0v) is 18.6. The summed E-state index contributed by atoms with van der Waals surface area (Å²) < 4.78 is 0.974. The molecule has 0 radical (unpaired) electrons. The first-order valence-electron chi connectivity index (χ1n) is 9.24. The van der Waals surface area contributed by atoms with E-state index in [1.54, 1.807) is 0 Å². The number of nitrogen functional groups attached to an aromatic ring is 2. The van der Waals surface area contributed by atoms with Gasteiger partial charge in [-0.3, -0.25) is 0 Å². The van der Waals surface area contributed by atoms with Crippen LogP contribution >= 0.6 is 23.2 Å². The van der Waals surface area contributed by atoms with Gasteiger partial charge >= 0.3 is 0 Å². The Bertz CT molecular complexity index is 694. The minimum Gasteiger partial charge on any atom is -0.398 e. The van der Waals surface area contributed by atoms with Crippen LogP contribution in [0, 0.1) is 7.43 Å². The van der Waals surface area contributed by atoms with Crippen molar-refractivity contribution in [1.82, 2.24) is 0 Å². The average molecular weight is 426 g/mol. The van der Waals surface area contributed by atoms with E-state index < -0.39 is 0 Å². The number of rotatable bonds is 10. The third-order valence-electron chi connectivity index (χ3n) is 4.73. The SMILES string of the molecule is CCC[N+](C)(CCNc1ccc(N)c(Cl)c1)CCNc1ccc(N)c(Cl)c1.[CH3-]. The van der Waals surface area contributed by atoms with Gasteiger partial charge in [-0.2, -0.15) is 0 Å². The number of nitrogens with two attached hydrogens (primary N) is 2. The van der Waals surface area contributed by atoms with Crippen LogP contribution in [0.15, 0.2) is 36.4 Å². The number of nitrogens with zero attached hydrogens (tertiary/aromatic N) is 1. The molecule has 0 atom stereocenters. The largest absolute Gasteiger partial charge is 0.398 e. The zero-order chi connectivity index (χ0) is 19.9. The van der Waals surface area contributed by atoms with E-state index in [9.17, 15) is 0 Å². The van der Waals surface area contributed by atoms with Crippen LogP contribution in [0.1, 0.15) is 13.3 Å². The van der Waals surface area contributed by atoms with E-state index in [1.165, 1.54) is 0 Å². The normalized spacial score (nSPS) is 11.0. The van der Waals surface area contributed by atoms with Crippen LogP contribution in [0.3, 0.4) is 0 Å². The summed E-state index contributed by atoms with van der Waals surface area (Å²) in [6.07, 6.45) is 1.14. The Labute approximate surface area is 179 Å². The number of nitrogens with one attached hydrogen (secondary N) is 2. The molecule has 0 bridgehead atoms. The molecule has 7 heteroatoms. The molecule has 0 aliphatic carbocycles. The summed E-state index contributed by atoms with van der Waals surface area (Å²) in [4.78, 5) is 0. The first kappa shape index (κ1) is 24.2. The molecule has 0 aromatic heterocycles. The first-order valence-corrected chi connectivity index (χ1v) is 10.00. The molecule has 6 N–H and O–H groups in total. The summed E-state index contributed by atoms with van der Waals surface area (Å²) in [5.41, 5.74) is 14.7. The number of halogens is 2. The molecular formula is C21H33Cl2N5. The maximum atomic E-state index is 6.09. The Kier molecular flexibility index (Phi) is 9.73. The molecule has 2 aromatic rings. The van der Waals surface area contributed by atoms with Crippen molar-refractivity contribution in [2.45, 2.75) is 13.3 Å². The molecule has 0 aliphatic heterocycles. The zero-order valence-electron chi connectivity index (χ0n) is 17.1. The number of hydrogen-bond donors (Lipinski definition) is 4. The molecule has 28 heavy (non-hydrogen) atoms. The van der Waals surface area contributed by atoms with Gasteiger partial charge in [0.25, 0.3) is 0 Å². The number of hydrogen-bond acceptors (Lipinski definition) is 4. The van der Waals surface area contributed by atoms with Gasteiger partial charge in [-0.1, -0.05) is 30.1 Å². The molecule has 0 fully saturated rings. The van der Waals surface area contributed by atoms with Crippen molar-refractivity contribution in [3.63, 3.8) is 0 Å². The fourth-order valence-corrected chi connectivity index (χ4v) is 3.45. The van der Waals surface area contributed by atoms with Gasteiger partial charge in [0, 0.05) is 11.4 Å². The monoisotopic (exact) mass is 425 g/mol. The lowest BCUT2D eigenvalue weighted by Gasteiger charge is -2.35. The Morgan fingerprint density at radius 3 is 1.61 bits per heavy atom.